The highest BCUT2D eigenvalue weighted by Gasteiger charge is 2.61. The summed E-state index contributed by atoms with van der Waals surface area (Å²) in [5.74, 6) is 0.0155. The molecule has 0 N–H and O–H groups in total. The van der Waals surface area contributed by atoms with E-state index in [0.717, 1.165) is 0 Å². The van der Waals surface area contributed by atoms with Gasteiger partial charge in [0.2, 0.25) is 0 Å². The summed E-state index contributed by atoms with van der Waals surface area (Å²) in [6, 6.07) is 0. The maximum Gasteiger partial charge on any atom is 0.165 e. The zero-order valence-corrected chi connectivity index (χ0v) is 9.51. The van der Waals surface area contributed by atoms with E-state index in [0.29, 0.717) is 11.5 Å². The quantitative estimate of drug-likeness (QED) is 0.686. The Kier molecular flexibility index (Phi) is 2.13. The molecule has 0 saturated carbocycles. The SMILES string of the molecule is COC1=C(OC)[C@@H]2O[C@H]1C1C(=O)C=CC(=O)C12. The van der Waals surface area contributed by atoms with Gasteiger partial charge in [-0.25, -0.2) is 0 Å². The fourth-order valence-corrected chi connectivity index (χ4v) is 2.91. The Bertz CT molecular complexity index is 422. The molecule has 3 aliphatic rings. The summed E-state index contributed by atoms with van der Waals surface area (Å²) in [5, 5.41) is 0. The Hall–Kier alpha value is -1.62. The number of ketones is 2. The molecule has 4 atom stereocenters. The number of hydrogen-bond donors (Lipinski definition) is 0. The predicted molar refractivity (Wildman–Crippen MR) is 55.8 cm³/mol. The molecular formula is C12H12O5. The normalized spacial score (nSPS) is 38.7. The molecule has 0 aromatic heterocycles. The molecule has 5 nitrogen and oxygen atoms in total. The fraction of sp³-hybridized carbons (Fsp3) is 0.500. The molecule has 0 spiro atoms. The van der Waals surface area contributed by atoms with Crippen LogP contribution in [0.5, 0.6) is 0 Å². The predicted octanol–water partition coefficient (Wildman–Crippen LogP) is 0.212. The molecule has 17 heavy (non-hydrogen) atoms. The minimum Gasteiger partial charge on any atom is -0.495 e. The number of hydrogen-bond acceptors (Lipinski definition) is 5. The van der Waals surface area contributed by atoms with E-state index >= 15 is 0 Å². The standard InChI is InChI=1S/C12H12O5/c1-15-11-9-7-5(13)3-4-6(14)8(7)10(17-9)12(11)16-2/h3-4,7-10H,1-2H3/t7?,8?,9-,10+. The van der Waals surface area contributed by atoms with E-state index in [9.17, 15) is 9.59 Å². The number of carbonyl (C=O) groups is 2. The molecule has 2 bridgehead atoms. The Balaban J connectivity index is 2.07. The Morgan fingerprint density at radius 2 is 1.35 bits per heavy atom. The van der Waals surface area contributed by atoms with Crippen molar-refractivity contribution >= 4 is 11.6 Å². The van der Waals surface area contributed by atoms with Crippen LogP contribution in [0.4, 0.5) is 0 Å². The molecule has 0 radical (unpaired) electrons. The van der Waals surface area contributed by atoms with E-state index in [-0.39, 0.29) is 11.6 Å². The van der Waals surface area contributed by atoms with Crippen molar-refractivity contribution in [1.82, 2.24) is 0 Å². The van der Waals surface area contributed by atoms with Gasteiger partial charge in [0.05, 0.1) is 26.1 Å². The van der Waals surface area contributed by atoms with Gasteiger partial charge < -0.3 is 14.2 Å². The van der Waals surface area contributed by atoms with Crippen LogP contribution in [-0.4, -0.2) is 38.0 Å². The second-order valence-electron chi connectivity index (χ2n) is 4.30. The highest BCUT2D eigenvalue weighted by Crippen LogP contribution is 2.49. The first-order chi connectivity index (χ1) is 8.19. The summed E-state index contributed by atoms with van der Waals surface area (Å²) in [4.78, 5) is 23.7. The third kappa shape index (κ3) is 1.17. The van der Waals surface area contributed by atoms with E-state index in [4.69, 9.17) is 14.2 Å². The molecule has 3 rings (SSSR count). The van der Waals surface area contributed by atoms with Crippen LogP contribution in [-0.2, 0) is 23.8 Å². The molecule has 2 aliphatic heterocycles. The second-order valence-corrected chi connectivity index (χ2v) is 4.30. The lowest BCUT2D eigenvalue weighted by molar-refractivity contribution is -0.129. The van der Waals surface area contributed by atoms with Crippen LogP contribution in [0.1, 0.15) is 0 Å². The van der Waals surface area contributed by atoms with Gasteiger partial charge in [-0.1, -0.05) is 0 Å². The van der Waals surface area contributed by atoms with Crippen molar-refractivity contribution in [3.63, 3.8) is 0 Å². The largest absolute Gasteiger partial charge is 0.495 e. The number of methoxy groups -OCH3 is 2. The van der Waals surface area contributed by atoms with Crippen molar-refractivity contribution in [3.8, 4) is 0 Å². The topological polar surface area (TPSA) is 61.8 Å². The first-order valence-electron chi connectivity index (χ1n) is 5.42. The average Bonchev–Trinajstić information content (AvgIpc) is 2.88. The van der Waals surface area contributed by atoms with Crippen LogP contribution >= 0.6 is 0 Å². The number of ether oxygens (including phenoxy) is 3. The third-order valence-corrected chi connectivity index (χ3v) is 3.60. The summed E-state index contributed by atoms with van der Waals surface area (Å²) < 4.78 is 16.1. The maximum atomic E-state index is 11.8. The Morgan fingerprint density at radius 3 is 1.71 bits per heavy atom. The van der Waals surface area contributed by atoms with E-state index in [1.165, 1.54) is 26.4 Å². The molecule has 0 aromatic rings. The van der Waals surface area contributed by atoms with Crippen molar-refractivity contribution in [2.24, 2.45) is 11.8 Å². The van der Waals surface area contributed by atoms with E-state index in [2.05, 4.69) is 0 Å². The highest BCUT2D eigenvalue weighted by atomic mass is 16.6. The van der Waals surface area contributed by atoms with Crippen LogP contribution in [0.15, 0.2) is 23.7 Å². The lowest BCUT2D eigenvalue weighted by atomic mass is 9.73. The molecule has 0 amide bonds. The van der Waals surface area contributed by atoms with Gasteiger partial charge in [-0.05, 0) is 12.2 Å². The van der Waals surface area contributed by atoms with Gasteiger partial charge in [0.15, 0.2) is 23.1 Å². The number of allylic oxidation sites excluding steroid dienone is 2. The van der Waals surface area contributed by atoms with Crippen LogP contribution in [0.25, 0.3) is 0 Å². The summed E-state index contributed by atoms with van der Waals surface area (Å²) >= 11 is 0. The third-order valence-electron chi connectivity index (χ3n) is 3.60. The van der Waals surface area contributed by atoms with Gasteiger partial charge in [0, 0.05) is 0 Å². The van der Waals surface area contributed by atoms with Crippen molar-refractivity contribution in [3.05, 3.63) is 23.7 Å². The maximum absolute atomic E-state index is 11.8. The Labute approximate surface area is 98.0 Å². The zero-order chi connectivity index (χ0) is 12.2. The second kappa shape index (κ2) is 3.43. The monoisotopic (exact) mass is 236 g/mol. The number of fused-ring (bicyclic) bond motifs is 5. The highest BCUT2D eigenvalue weighted by molar-refractivity contribution is 6.08. The van der Waals surface area contributed by atoms with Crippen LogP contribution in [0.2, 0.25) is 0 Å². The number of carbonyl (C=O) groups excluding carboxylic acids is 2. The average molecular weight is 236 g/mol. The molecule has 90 valence electrons. The Morgan fingerprint density at radius 1 is 0.941 bits per heavy atom. The van der Waals surface area contributed by atoms with Gasteiger partial charge >= 0.3 is 0 Å². The summed E-state index contributed by atoms with van der Waals surface area (Å²) in [5.41, 5.74) is 0. The molecule has 5 heteroatoms. The van der Waals surface area contributed by atoms with Gasteiger partial charge in [0.1, 0.15) is 12.2 Å². The van der Waals surface area contributed by atoms with E-state index in [1.807, 2.05) is 0 Å². The van der Waals surface area contributed by atoms with Crippen molar-refractivity contribution < 1.29 is 23.8 Å². The van der Waals surface area contributed by atoms with Crippen molar-refractivity contribution in [2.75, 3.05) is 14.2 Å². The summed E-state index contributed by atoms with van der Waals surface area (Å²) in [6.45, 7) is 0. The minimum atomic E-state index is -0.480. The smallest absolute Gasteiger partial charge is 0.165 e. The zero-order valence-electron chi connectivity index (χ0n) is 9.51. The van der Waals surface area contributed by atoms with Crippen molar-refractivity contribution in [2.45, 2.75) is 12.2 Å². The van der Waals surface area contributed by atoms with E-state index < -0.39 is 24.0 Å². The van der Waals surface area contributed by atoms with E-state index in [1.54, 1.807) is 0 Å². The molecule has 0 aromatic carbocycles. The lowest BCUT2D eigenvalue weighted by Gasteiger charge is -2.28. The molecule has 2 unspecified atom stereocenters. The van der Waals surface area contributed by atoms with Crippen LogP contribution in [0, 0.1) is 11.8 Å². The lowest BCUT2D eigenvalue weighted by Crippen LogP contribution is -2.41. The molecule has 1 saturated heterocycles. The first kappa shape index (κ1) is 10.5. The summed E-state index contributed by atoms with van der Waals surface area (Å²) in [7, 11) is 3.02. The molecule has 1 fully saturated rings. The first-order valence-corrected chi connectivity index (χ1v) is 5.42. The van der Waals surface area contributed by atoms with Crippen LogP contribution in [0.3, 0.4) is 0 Å². The van der Waals surface area contributed by atoms with Gasteiger partial charge in [0.25, 0.3) is 0 Å². The molecule has 1 aliphatic carbocycles. The fourth-order valence-electron chi connectivity index (χ4n) is 2.91. The minimum absolute atomic E-state index is 0.0770. The summed E-state index contributed by atoms with van der Waals surface area (Å²) in [6.07, 6.45) is 1.69. The van der Waals surface area contributed by atoms with Gasteiger partial charge in [-0.2, -0.15) is 0 Å². The van der Waals surface area contributed by atoms with Crippen LogP contribution < -0.4 is 0 Å². The van der Waals surface area contributed by atoms with Gasteiger partial charge in [-0.3, -0.25) is 9.59 Å². The van der Waals surface area contributed by atoms with Gasteiger partial charge in [-0.15, -0.1) is 0 Å². The van der Waals surface area contributed by atoms with Crippen molar-refractivity contribution in [1.29, 1.82) is 0 Å². The molecule has 2 heterocycles. The number of rotatable bonds is 2. The molecular weight excluding hydrogens is 224 g/mol.